The van der Waals surface area contributed by atoms with Gasteiger partial charge in [-0.05, 0) is 23.8 Å². The van der Waals surface area contributed by atoms with Gasteiger partial charge in [0.2, 0.25) is 5.88 Å². The Labute approximate surface area is 128 Å². The minimum atomic E-state index is -0.319. The van der Waals surface area contributed by atoms with Gasteiger partial charge in [0.25, 0.3) is 0 Å². The van der Waals surface area contributed by atoms with Gasteiger partial charge in [0.15, 0.2) is 0 Å². The largest absolute Gasteiger partial charge is 0.481 e. The summed E-state index contributed by atoms with van der Waals surface area (Å²) in [5.41, 5.74) is 1.52. The summed E-state index contributed by atoms with van der Waals surface area (Å²) in [5, 5.41) is 2.74. The average Bonchev–Trinajstić information content (AvgIpc) is 2.53. The van der Waals surface area contributed by atoms with E-state index in [0.717, 1.165) is 5.56 Å². The standard InChI is InChI=1S/C16H18FN3O2/c1-20(11-13-6-4-8-18-15(13)22-2)16(21)19-10-12-5-3-7-14(17)9-12/h3-9H,10-11H2,1-2H3,(H,19,21). The molecule has 116 valence electrons. The van der Waals surface area contributed by atoms with Crippen LogP contribution in [0.3, 0.4) is 0 Å². The minimum Gasteiger partial charge on any atom is -0.481 e. The topological polar surface area (TPSA) is 54.5 Å². The molecule has 0 fully saturated rings. The number of methoxy groups -OCH3 is 1. The van der Waals surface area contributed by atoms with Gasteiger partial charge in [0, 0.05) is 25.4 Å². The predicted molar refractivity (Wildman–Crippen MR) is 80.9 cm³/mol. The lowest BCUT2D eigenvalue weighted by Crippen LogP contribution is -2.36. The highest BCUT2D eigenvalue weighted by atomic mass is 19.1. The molecule has 5 nitrogen and oxygen atoms in total. The molecule has 0 aliphatic heterocycles. The molecule has 0 atom stereocenters. The molecule has 0 spiro atoms. The van der Waals surface area contributed by atoms with Crippen LogP contribution in [-0.4, -0.2) is 30.1 Å². The zero-order valence-corrected chi connectivity index (χ0v) is 12.5. The molecule has 1 aromatic carbocycles. The van der Waals surface area contributed by atoms with Crippen molar-refractivity contribution in [3.05, 3.63) is 59.5 Å². The van der Waals surface area contributed by atoms with Crippen LogP contribution in [-0.2, 0) is 13.1 Å². The quantitative estimate of drug-likeness (QED) is 0.923. The first-order chi connectivity index (χ1) is 10.6. The van der Waals surface area contributed by atoms with Crippen molar-refractivity contribution in [1.82, 2.24) is 15.2 Å². The van der Waals surface area contributed by atoms with Crippen LogP contribution in [0.4, 0.5) is 9.18 Å². The summed E-state index contributed by atoms with van der Waals surface area (Å²) in [6.45, 7) is 0.636. The van der Waals surface area contributed by atoms with Crippen LogP contribution in [0, 0.1) is 5.82 Å². The fourth-order valence-electron chi connectivity index (χ4n) is 2.02. The third kappa shape index (κ3) is 4.18. The lowest BCUT2D eigenvalue weighted by molar-refractivity contribution is 0.205. The normalized spacial score (nSPS) is 10.1. The number of ether oxygens (including phenoxy) is 1. The van der Waals surface area contributed by atoms with Crippen LogP contribution in [0.1, 0.15) is 11.1 Å². The zero-order valence-electron chi connectivity index (χ0n) is 12.5. The molecule has 0 saturated heterocycles. The van der Waals surface area contributed by atoms with E-state index < -0.39 is 0 Å². The highest BCUT2D eigenvalue weighted by molar-refractivity contribution is 5.73. The number of pyridine rings is 1. The Morgan fingerprint density at radius 2 is 2.18 bits per heavy atom. The van der Waals surface area contributed by atoms with Gasteiger partial charge in [-0.25, -0.2) is 14.2 Å². The van der Waals surface area contributed by atoms with E-state index in [-0.39, 0.29) is 18.4 Å². The molecule has 0 radical (unpaired) electrons. The second-order valence-electron chi connectivity index (χ2n) is 4.82. The molecule has 0 saturated carbocycles. The third-order valence-electron chi connectivity index (χ3n) is 3.13. The highest BCUT2D eigenvalue weighted by Gasteiger charge is 2.12. The van der Waals surface area contributed by atoms with Crippen LogP contribution in [0.5, 0.6) is 5.88 Å². The van der Waals surface area contributed by atoms with Crippen LogP contribution in [0.15, 0.2) is 42.6 Å². The number of amides is 2. The SMILES string of the molecule is COc1ncccc1CN(C)C(=O)NCc1cccc(F)c1. The fraction of sp³-hybridized carbons (Fsp3) is 0.250. The van der Waals surface area contributed by atoms with Crippen molar-refractivity contribution in [2.75, 3.05) is 14.2 Å². The van der Waals surface area contributed by atoms with Gasteiger partial charge in [-0.2, -0.15) is 0 Å². The highest BCUT2D eigenvalue weighted by Crippen LogP contribution is 2.15. The molecular weight excluding hydrogens is 285 g/mol. The molecule has 0 aliphatic carbocycles. The Morgan fingerprint density at radius 3 is 2.91 bits per heavy atom. The molecule has 0 unspecified atom stereocenters. The van der Waals surface area contributed by atoms with Crippen LogP contribution in [0.2, 0.25) is 0 Å². The Hall–Kier alpha value is -2.63. The van der Waals surface area contributed by atoms with Gasteiger partial charge < -0.3 is 15.0 Å². The maximum Gasteiger partial charge on any atom is 0.317 e. The number of aromatic nitrogens is 1. The van der Waals surface area contributed by atoms with E-state index in [4.69, 9.17) is 4.74 Å². The number of benzene rings is 1. The van der Waals surface area contributed by atoms with E-state index in [2.05, 4.69) is 10.3 Å². The summed E-state index contributed by atoms with van der Waals surface area (Å²) in [5.74, 6) is 0.174. The third-order valence-corrected chi connectivity index (χ3v) is 3.13. The summed E-state index contributed by atoms with van der Waals surface area (Å²) in [7, 11) is 3.21. The van der Waals surface area contributed by atoms with Gasteiger partial charge in [-0.15, -0.1) is 0 Å². The maximum atomic E-state index is 13.1. The fourth-order valence-corrected chi connectivity index (χ4v) is 2.02. The number of carbonyl (C=O) groups excluding carboxylic acids is 1. The van der Waals surface area contributed by atoms with E-state index >= 15 is 0 Å². The van der Waals surface area contributed by atoms with E-state index in [1.807, 2.05) is 6.07 Å². The predicted octanol–water partition coefficient (Wildman–Crippen LogP) is 2.57. The van der Waals surface area contributed by atoms with Crippen molar-refractivity contribution in [2.24, 2.45) is 0 Å². The van der Waals surface area contributed by atoms with Crippen molar-refractivity contribution < 1.29 is 13.9 Å². The summed E-state index contributed by atoms with van der Waals surface area (Å²) >= 11 is 0. The number of nitrogens with zero attached hydrogens (tertiary/aromatic N) is 2. The number of carbonyl (C=O) groups is 1. The molecule has 2 amide bonds. The molecule has 22 heavy (non-hydrogen) atoms. The summed E-state index contributed by atoms with van der Waals surface area (Å²) in [6, 6.07) is 9.51. The Balaban J connectivity index is 1.92. The monoisotopic (exact) mass is 303 g/mol. The first-order valence-corrected chi connectivity index (χ1v) is 6.81. The number of hydrogen-bond acceptors (Lipinski definition) is 3. The molecule has 0 aliphatic rings. The van der Waals surface area contributed by atoms with E-state index in [0.29, 0.717) is 18.0 Å². The van der Waals surface area contributed by atoms with Gasteiger partial charge in [0.05, 0.1) is 13.7 Å². The van der Waals surface area contributed by atoms with E-state index in [1.54, 1.807) is 31.4 Å². The molecule has 0 bridgehead atoms. The number of hydrogen-bond donors (Lipinski definition) is 1. The van der Waals surface area contributed by atoms with Gasteiger partial charge in [-0.1, -0.05) is 18.2 Å². The first-order valence-electron chi connectivity index (χ1n) is 6.81. The summed E-state index contributed by atoms with van der Waals surface area (Å²) in [6.07, 6.45) is 1.63. The second kappa shape index (κ2) is 7.40. The number of rotatable bonds is 5. The molecule has 2 aromatic rings. The molecule has 1 heterocycles. The van der Waals surface area contributed by atoms with Crippen LogP contribution < -0.4 is 10.1 Å². The van der Waals surface area contributed by atoms with Crippen molar-refractivity contribution in [3.8, 4) is 5.88 Å². The maximum absolute atomic E-state index is 13.1. The zero-order chi connectivity index (χ0) is 15.9. The number of halogens is 1. The Kier molecular flexibility index (Phi) is 5.30. The van der Waals surface area contributed by atoms with Crippen molar-refractivity contribution >= 4 is 6.03 Å². The molecule has 2 rings (SSSR count). The van der Waals surface area contributed by atoms with Crippen LogP contribution >= 0.6 is 0 Å². The van der Waals surface area contributed by atoms with E-state index in [9.17, 15) is 9.18 Å². The lowest BCUT2D eigenvalue weighted by Gasteiger charge is -2.19. The van der Waals surface area contributed by atoms with Crippen molar-refractivity contribution in [2.45, 2.75) is 13.1 Å². The Bertz CT molecular complexity index is 649. The second-order valence-corrected chi connectivity index (χ2v) is 4.82. The molecule has 6 heteroatoms. The first kappa shape index (κ1) is 15.8. The molecular formula is C16H18FN3O2. The summed E-state index contributed by atoms with van der Waals surface area (Å²) in [4.78, 5) is 17.7. The van der Waals surface area contributed by atoms with Gasteiger partial charge >= 0.3 is 6.03 Å². The smallest absolute Gasteiger partial charge is 0.317 e. The van der Waals surface area contributed by atoms with Gasteiger partial charge in [0.1, 0.15) is 5.82 Å². The Morgan fingerprint density at radius 1 is 1.36 bits per heavy atom. The average molecular weight is 303 g/mol. The van der Waals surface area contributed by atoms with Crippen molar-refractivity contribution in [1.29, 1.82) is 0 Å². The minimum absolute atomic E-state index is 0.254. The number of urea groups is 1. The molecule has 1 aromatic heterocycles. The molecule has 1 N–H and O–H groups in total. The lowest BCUT2D eigenvalue weighted by atomic mass is 10.2. The van der Waals surface area contributed by atoms with Crippen molar-refractivity contribution in [3.63, 3.8) is 0 Å². The van der Waals surface area contributed by atoms with Crippen LogP contribution in [0.25, 0.3) is 0 Å². The number of nitrogens with one attached hydrogen (secondary N) is 1. The van der Waals surface area contributed by atoms with E-state index in [1.165, 1.54) is 24.1 Å². The van der Waals surface area contributed by atoms with Gasteiger partial charge in [-0.3, -0.25) is 0 Å². The summed E-state index contributed by atoms with van der Waals surface area (Å²) < 4.78 is 18.2.